The molecule has 58 valence electrons. The monoisotopic (exact) mass is 156 g/mol. The highest BCUT2D eigenvalue weighted by atomic mass is 31.0. The van der Waals surface area contributed by atoms with Crippen molar-refractivity contribution in [1.29, 1.82) is 0 Å². The second-order valence-corrected chi connectivity index (χ2v) is 2.89. The fourth-order valence-electron chi connectivity index (χ4n) is 0.940. The highest BCUT2D eigenvalue weighted by Gasteiger charge is 1.85. The van der Waals surface area contributed by atoms with E-state index in [-0.39, 0.29) is 0 Å². The van der Waals surface area contributed by atoms with Gasteiger partial charge in [0.2, 0.25) is 0 Å². The van der Waals surface area contributed by atoms with E-state index < -0.39 is 0 Å². The van der Waals surface area contributed by atoms with Crippen molar-refractivity contribution in [3.8, 4) is 0 Å². The first-order valence-electron chi connectivity index (χ1n) is 4.21. The van der Waals surface area contributed by atoms with E-state index >= 15 is 0 Å². The molecule has 0 heterocycles. The third-order valence-corrected chi connectivity index (χ3v) is 1.79. The Kier molecular flexibility index (Phi) is 9.33. The lowest BCUT2D eigenvalue weighted by Gasteiger charge is -1.94. The van der Waals surface area contributed by atoms with Crippen LogP contribution in [-0.2, 0) is 0 Å². The van der Waals surface area contributed by atoms with E-state index in [1.54, 1.807) is 0 Å². The van der Waals surface area contributed by atoms with E-state index in [9.17, 15) is 0 Å². The molecule has 0 aromatic carbocycles. The van der Waals surface area contributed by atoms with Crippen LogP contribution < -0.4 is 0 Å². The minimum absolute atomic E-state index is 1.20. The average molecular weight is 156 g/mol. The van der Waals surface area contributed by atoms with Crippen molar-refractivity contribution in [3.05, 3.63) is 11.9 Å². The number of hydrogen-bond donors (Lipinski definition) is 0. The van der Waals surface area contributed by atoms with Gasteiger partial charge in [0, 0.05) is 0 Å². The first kappa shape index (κ1) is 10.2. The van der Waals surface area contributed by atoms with Crippen LogP contribution in [0.15, 0.2) is 11.9 Å². The molecule has 0 aliphatic heterocycles. The smallest absolute Gasteiger partial charge is 0.0146 e. The Bertz CT molecular complexity index is 76.8. The van der Waals surface area contributed by atoms with Gasteiger partial charge in [-0.25, -0.2) is 0 Å². The molecule has 0 saturated carbocycles. The third kappa shape index (κ3) is 8.17. The number of allylic oxidation sites excluding steroid dienone is 1. The van der Waals surface area contributed by atoms with Gasteiger partial charge in [0.05, 0.1) is 0 Å². The van der Waals surface area contributed by atoms with Crippen LogP contribution in [0.5, 0.6) is 0 Å². The van der Waals surface area contributed by atoms with Gasteiger partial charge in [-0.1, -0.05) is 44.5 Å². The summed E-state index contributed by atoms with van der Waals surface area (Å²) in [5.74, 6) is 1.83. The molecule has 0 spiro atoms. The van der Waals surface area contributed by atoms with Gasteiger partial charge in [-0.05, 0) is 22.1 Å². The summed E-state index contributed by atoms with van der Waals surface area (Å²) in [7, 11) is 3.98. The molecule has 0 aromatic heterocycles. The van der Waals surface area contributed by atoms with Gasteiger partial charge in [0.25, 0.3) is 0 Å². The van der Waals surface area contributed by atoms with Gasteiger partial charge >= 0.3 is 0 Å². The lowest BCUT2D eigenvalue weighted by atomic mass is 10.1. The summed E-state index contributed by atoms with van der Waals surface area (Å²) in [6.07, 6.45) is 10.2. The van der Waals surface area contributed by atoms with Crippen molar-refractivity contribution in [2.24, 2.45) is 0 Å². The maximum Gasteiger partial charge on any atom is -0.0146 e. The summed E-state index contributed by atoms with van der Waals surface area (Å²) in [6, 6.07) is 0. The van der Waals surface area contributed by atoms with Crippen LogP contribution in [0.25, 0.3) is 0 Å². The molecule has 0 aromatic rings. The summed E-state index contributed by atoms with van der Waals surface area (Å²) < 4.78 is 0. The lowest BCUT2D eigenvalue weighted by molar-refractivity contribution is 0.637. The molecule has 0 aliphatic rings. The predicted molar refractivity (Wildman–Crippen MR) is 49.4 cm³/mol. The molecule has 0 rings (SSSR count). The van der Waals surface area contributed by atoms with E-state index in [1.807, 2.05) is 5.82 Å². The van der Waals surface area contributed by atoms with Gasteiger partial charge < -0.3 is 0 Å². The van der Waals surface area contributed by atoms with Gasteiger partial charge in [-0.3, -0.25) is 0 Å². The first-order chi connectivity index (χ1) is 4.91. The van der Waals surface area contributed by atoms with Crippen molar-refractivity contribution < 1.29 is 0 Å². The molecule has 0 nitrogen and oxygen atoms in total. The van der Waals surface area contributed by atoms with Crippen LogP contribution in [0.4, 0.5) is 0 Å². The standard InChI is InChI=1S/C9H17P/c1-2-3-4-5-6-7-8-9-10/h8-9H,2-7H2,1H3/b9-8+. The minimum Gasteiger partial charge on any atom is -0.0834 e. The summed E-state index contributed by atoms with van der Waals surface area (Å²) in [5.41, 5.74) is 0. The molecule has 0 atom stereocenters. The molecular weight excluding hydrogens is 139 g/mol. The number of hydrogen-bond acceptors (Lipinski definition) is 0. The number of unbranched alkanes of at least 4 members (excludes halogenated alkanes) is 5. The predicted octanol–water partition coefficient (Wildman–Crippen LogP) is 4.27. The quantitative estimate of drug-likeness (QED) is 0.398. The molecule has 0 bridgehead atoms. The highest BCUT2D eigenvalue weighted by Crippen LogP contribution is 2.05. The SMILES string of the molecule is CCCCCCC/C=C/[P]. The van der Waals surface area contributed by atoms with Crippen LogP contribution in [0.2, 0.25) is 0 Å². The van der Waals surface area contributed by atoms with Crippen molar-refractivity contribution in [2.45, 2.75) is 45.4 Å². The molecule has 0 unspecified atom stereocenters. The maximum atomic E-state index is 3.98. The summed E-state index contributed by atoms with van der Waals surface area (Å²) in [6.45, 7) is 2.24. The summed E-state index contributed by atoms with van der Waals surface area (Å²) in [5, 5.41) is 0. The highest BCUT2D eigenvalue weighted by molar-refractivity contribution is 7.20. The van der Waals surface area contributed by atoms with E-state index in [2.05, 4.69) is 22.2 Å². The fourth-order valence-corrected chi connectivity index (χ4v) is 1.09. The molecule has 10 heavy (non-hydrogen) atoms. The Morgan fingerprint density at radius 1 is 1.10 bits per heavy atom. The number of rotatable bonds is 6. The third-order valence-electron chi connectivity index (χ3n) is 1.58. The fraction of sp³-hybridized carbons (Fsp3) is 0.778. The topological polar surface area (TPSA) is 0 Å². The zero-order valence-corrected chi connectivity index (χ0v) is 7.74. The normalized spacial score (nSPS) is 11.0. The van der Waals surface area contributed by atoms with Crippen LogP contribution in [0.1, 0.15) is 45.4 Å². The Balaban J connectivity index is 2.77. The van der Waals surface area contributed by atoms with E-state index in [1.165, 1.54) is 38.5 Å². The van der Waals surface area contributed by atoms with Crippen molar-refractivity contribution in [2.75, 3.05) is 0 Å². The Hall–Kier alpha value is 0.170. The Morgan fingerprint density at radius 3 is 2.40 bits per heavy atom. The zero-order valence-electron chi connectivity index (χ0n) is 6.84. The van der Waals surface area contributed by atoms with E-state index in [0.717, 1.165) is 0 Å². The lowest BCUT2D eigenvalue weighted by Crippen LogP contribution is -1.75. The molecule has 0 fully saturated rings. The van der Waals surface area contributed by atoms with Crippen molar-refractivity contribution in [3.63, 3.8) is 0 Å². The minimum atomic E-state index is 1.20. The molecule has 0 aliphatic carbocycles. The van der Waals surface area contributed by atoms with Gasteiger partial charge in [0.15, 0.2) is 0 Å². The zero-order chi connectivity index (χ0) is 7.66. The first-order valence-corrected chi connectivity index (χ1v) is 4.72. The van der Waals surface area contributed by atoms with Gasteiger partial charge in [-0.2, -0.15) is 0 Å². The van der Waals surface area contributed by atoms with Gasteiger partial charge in [-0.15, -0.1) is 0 Å². The average Bonchev–Trinajstić information content (AvgIpc) is 1.97. The molecule has 1 heteroatoms. The van der Waals surface area contributed by atoms with Crippen molar-refractivity contribution in [1.82, 2.24) is 0 Å². The van der Waals surface area contributed by atoms with Crippen LogP contribution in [0.3, 0.4) is 0 Å². The Morgan fingerprint density at radius 2 is 1.80 bits per heavy atom. The molecule has 0 amide bonds. The van der Waals surface area contributed by atoms with E-state index in [4.69, 9.17) is 0 Å². The van der Waals surface area contributed by atoms with Crippen molar-refractivity contribution >= 4 is 9.24 Å². The maximum absolute atomic E-state index is 3.98. The largest absolute Gasteiger partial charge is 0.0834 e. The van der Waals surface area contributed by atoms with Gasteiger partial charge in [0.1, 0.15) is 0 Å². The second kappa shape index (κ2) is 9.17. The van der Waals surface area contributed by atoms with Crippen LogP contribution in [-0.4, -0.2) is 0 Å². The second-order valence-electron chi connectivity index (χ2n) is 2.59. The molecule has 2 radical (unpaired) electrons. The van der Waals surface area contributed by atoms with Crippen LogP contribution in [0, 0.1) is 0 Å². The molecule has 0 N–H and O–H groups in total. The summed E-state index contributed by atoms with van der Waals surface area (Å²) >= 11 is 0. The van der Waals surface area contributed by atoms with E-state index in [0.29, 0.717) is 0 Å². The summed E-state index contributed by atoms with van der Waals surface area (Å²) in [4.78, 5) is 0. The Labute approximate surface area is 67.3 Å². The molecular formula is C9H17P. The molecule has 0 saturated heterocycles. The van der Waals surface area contributed by atoms with Crippen LogP contribution >= 0.6 is 9.24 Å².